The van der Waals surface area contributed by atoms with Crippen molar-refractivity contribution in [2.45, 2.75) is 0 Å². The number of tetrazole rings is 1. The van der Waals surface area contributed by atoms with Crippen molar-refractivity contribution in [3.8, 4) is 0 Å². The molecule has 7 nitrogen and oxygen atoms in total. The van der Waals surface area contributed by atoms with E-state index in [2.05, 4.69) is 25.9 Å². The van der Waals surface area contributed by atoms with Gasteiger partial charge in [-0.05, 0) is 22.6 Å². The molecule has 0 aliphatic carbocycles. The number of nitrogens with one attached hydrogen (secondary N) is 1. The fraction of sp³-hybridized carbons (Fsp3) is 0.333. The molecule has 7 heteroatoms. The van der Waals surface area contributed by atoms with Crippen LogP contribution >= 0.6 is 0 Å². The first-order valence-electron chi connectivity index (χ1n) is 3.80. The van der Waals surface area contributed by atoms with Crippen LogP contribution in [0.15, 0.2) is 12.1 Å². The zero-order valence-electron chi connectivity index (χ0n) is 6.75. The van der Waals surface area contributed by atoms with Gasteiger partial charge in [0.2, 0.25) is 0 Å². The second-order valence-corrected chi connectivity index (χ2v) is 2.40. The largest absolute Gasteiger partial charge is 0.395 e. The minimum absolute atomic E-state index is 0.0648. The Hall–Kier alpha value is -1.76. The molecule has 2 heterocycles. The van der Waals surface area contributed by atoms with E-state index in [1.54, 1.807) is 12.1 Å². The minimum Gasteiger partial charge on any atom is -0.395 e. The van der Waals surface area contributed by atoms with Crippen LogP contribution in [-0.4, -0.2) is 43.5 Å². The third-order valence-electron chi connectivity index (χ3n) is 1.49. The number of hydrogen-bond donors (Lipinski definition) is 2. The number of anilines is 1. The second-order valence-electron chi connectivity index (χ2n) is 2.40. The Kier molecular flexibility index (Phi) is 2.01. The molecule has 0 aliphatic rings. The van der Waals surface area contributed by atoms with Crippen LogP contribution in [-0.2, 0) is 0 Å². The molecular formula is C6H8N6O. The summed E-state index contributed by atoms with van der Waals surface area (Å²) in [6.07, 6.45) is 0. The van der Waals surface area contributed by atoms with E-state index in [0.717, 1.165) is 0 Å². The van der Waals surface area contributed by atoms with Crippen molar-refractivity contribution in [2.75, 3.05) is 18.5 Å². The van der Waals surface area contributed by atoms with Gasteiger partial charge in [-0.15, -0.1) is 14.8 Å². The maximum atomic E-state index is 8.56. The maximum absolute atomic E-state index is 8.56. The van der Waals surface area contributed by atoms with Gasteiger partial charge in [0.25, 0.3) is 0 Å². The monoisotopic (exact) mass is 180 g/mol. The molecule has 0 bridgehead atoms. The van der Waals surface area contributed by atoms with E-state index in [1.165, 1.54) is 4.63 Å². The van der Waals surface area contributed by atoms with Gasteiger partial charge in [0.05, 0.1) is 6.61 Å². The lowest BCUT2D eigenvalue weighted by Crippen LogP contribution is -2.08. The van der Waals surface area contributed by atoms with Crippen LogP contribution in [0.2, 0.25) is 0 Å². The van der Waals surface area contributed by atoms with Crippen LogP contribution in [0.1, 0.15) is 0 Å². The van der Waals surface area contributed by atoms with Crippen molar-refractivity contribution < 1.29 is 5.11 Å². The Labute approximate surface area is 73.4 Å². The molecule has 2 aromatic heterocycles. The average molecular weight is 180 g/mol. The third kappa shape index (κ3) is 1.54. The molecule has 68 valence electrons. The topological polar surface area (TPSA) is 88.2 Å². The Morgan fingerprint density at radius 1 is 1.46 bits per heavy atom. The number of hydrogen-bond acceptors (Lipinski definition) is 6. The molecule has 0 radical (unpaired) electrons. The molecule has 0 aromatic carbocycles. The molecule has 2 N–H and O–H groups in total. The van der Waals surface area contributed by atoms with Crippen molar-refractivity contribution in [1.29, 1.82) is 0 Å². The summed E-state index contributed by atoms with van der Waals surface area (Å²) in [5.74, 6) is 0.633. The Morgan fingerprint density at radius 3 is 3.23 bits per heavy atom. The third-order valence-corrected chi connectivity index (χ3v) is 1.49. The van der Waals surface area contributed by atoms with Crippen molar-refractivity contribution in [3.05, 3.63) is 12.1 Å². The summed E-state index contributed by atoms with van der Waals surface area (Å²) in [6.45, 7) is 0.524. The summed E-state index contributed by atoms with van der Waals surface area (Å²) in [6, 6.07) is 3.49. The highest BCUT2D eigenvalue weighted by molar-refractivity contribution is 5.41. The van der Waals surface area contributed by atoms with Crippen LogP contribution in [0.3, 0.4) is 0 Å². The van der Waals surface area contributed by atoms with Crippen molar-refractivity contribution in [3.63, 3.8) is 0 Å². The fourth-order valence-electron chi connectivity index (χ4n) is 0.928. The molecule has 0 saturated carbocycles. The molecule has 13 heavy (non-hydrogen) atoms. The number of aromatic nitrogens is 5. The van der Waals surface area contributed by atoms with Crippen LogP contribution in [0.4, 0.5) is 5.82 Å². The molecule has 0 saturated heterocycles. The summed E-state index contributed by atoms with van der Waals surface area (Å²) in [4.78, 5) is 0. The van der Waals surface area contributed by atoms with Crippen LogP contribution in [0, 0.1) is 0 Å². The highest BCUT2D eigenvalue weighted by atomic mass is 16.3. The highest BCUT2D eigenvalue weighted by Crippen LogP contribution is 2.01. The quantitative estimate of drug-likeness (QED) is 0.624. The minimum atomic E-state index is 0.0648. The van der Waals surface area contributed by atoms with Gasteiger partial charge in [0, 0.05) is 6.54 Å². The predicted molar refractivity (Wildman–Crippen MR) is 44.2 cm³/mol. The zero-order chi connectivity index (χ0) is 9.10. The molecule has 2 aromatic rings. The SMILES string of the molecule is OCCNc1ccc2nnnn2n1. The molecule has 0 unspecified atom stereocenters. The van der Waals surface area contributed by atoms with Crippen molar-refractivity contribution in [2.24, 2.45) is 0 Å². The second kappa shape index (κ2) is 3.31. The first-order valence-corrected chi connectivity index (χ1v) is 3.80. The number of nitrogens with zero attached hydrogens (tertiary/aromatic N) is 5. The first-order chi connectivity index (χ1) is 6.40. The van der Waals surface area contributed by atoms with E-state index in [4.69, 9.17) is 5.11 Å². The first kappa shape index (κ1) is 7.87. The van der Waals surface area contributed by atoms with Crippen LogP contribution < -0.4 is 5.32 Å². The zero-order valence-corrected chi connectivity index (χ0v) is 6.75. The van der Waals surface area contributed by atoms with Gasteiger partial charge in [-0.2, -0.15) is 0 Å². The molecule has 0 amide bonds. The predicted octanol–water partition coefficient (Wildman–Crippen LogP) is -1.08. The molecule has 0 aliphatic heterocycles. The van der Waals surface area contributed by atoms with Gasteiger partial charge in [0.1, 0.15) is 5.82 Å². The number of fused-ring (bicyclic) bond motifs is 1. The Bertz CT molecular complexity index is 399. The van der Waals surface area contributed by atoms with Gasteiger partial charge >= 0.3 is 0 Å². The summed E-state index contributed by atoms with van der Waals surface area (Å²) in [7, 11) is 0. The molecule has 0 fully saturated rings. The van der Waals surface area contributed by atoms with Gasteiger partial charge in [-0.25, -0.2) is 0 Å². The van der Waals surface area contributed by atoms with E-state index < -0.39 is 0 Å². The van der Waals surface area contributed by atoms with E-state index in [9.17, 15) is 0 Å². The smallest absolute Gasteiger partial charge is 0.200 e. The van der Waals surface area contributed by atoms with Crippen LogP contribution in [0.25, 0.3) is 5.65 Å². The van der Waals surface area contributed by atoms with Crippen molar-refractivity contribution >= 4 is 11.5 Å². The molecular weight excluding hydrogens is 172 g/mol. The summed E-state index contributed by atoms with van der Waals surface area (Å²) in [5.41, 5.74) is 0.592. The van der Waals surface area contributed by atoms with Gasteiger partial charge in [-0.3, -0.25) is 0 Å². The average Bonchev–Trinajstić information content (AvgIpc) is 2.61. The fourth-order valence-corrected chi connectivity index (χ4v) is 0.928. The lowest BCUT2D eigenvalue weighted by atomic mass is 10.5. The maximum Gasteiger partial charge on any atom is 0.200 e. The summed E-state index contributed by atoms with van der Waals surface area (Å²) in [5, 5.41) is 26.3. The molecule has 0 spiro atoms. The van der Waals surface area contributed by atoms with Crippen molar-refractivity contribution in [1.82, 2.24) is 25.3 Å². The Balaban J connectivity index is 2.26. The van der Waals surface area contributed by atoms with E-state index >= 15 is 0 Å². The van der Waals surface area contributed by atoms with Gasteiger partial charge < -0.3 is 10.4 Å². The van der Waals surface area contributed by atoms with E-state index in [0.29, 0.717) is 18.0 Å². The number of aliphatic hydroxyl groups is 1. The van der Waals surface area contributed by atoms with Crippen LogP contribution in [0.5, 0.6) is 0 Å². The summed E-state index contributed by atoms with van der Waals surface area (Å²) < 4.78 is 1.32. The number of rotatable bonds is 3. The summed E-state index contributed by atoms with van der Waals surface area (Å²) >= 11 is 0. The normalized spacial score (nSPS) is 10.5. The highest BCUT2D eigenvalue weighted by Gasteiger charge is 1.98. The van der Waals surface area contributed by atoms with E-state index in [1.807, 2.05) is 0 Å². The van der Waals surface area contributed by atoms with Gasteiger partial charge in [-0.1, -0.05) is 0 Å². The molecule has 0 atom stereocenters. The lowest BCUT2D eigenvalue weighted by molar-refractivity contribution is 0.311. The van der Waals surface area contributed by atoms with E-state index in [-0.39, 0.29) is 6.61 Å². The Morgan fingerprint density at radius 2 is 2.38 bits per heavy atom. The lowest BCUT2D eigenvalue weighted by Gasteiger charge is -2.01. The molecule has 2 rings (SSSR count). The van der Waals surface area contributed by atoms with Gasteiger partial charge in [0.15, 0.2) is 5.65 Å². The number of aliphatic hydroxyl groups excluding tert-OH is 1. The standard InChI is InChI=1S/C6H8N6O/c13-4-3-7-5-1-2-6-8-10-11-12(6)9-5/h1-2,13H,3-4H2,(H,7,9).